The molecule has 0 radical (unpaired) electrons. The van der Waals surface area contributed by atoms with Crippen molar-refractivity contribution in [1.29, 1.82) is 0 Å². The van der Waals surface area contributed by atoms with Crippen molar-refractivity contribution in [2.24, 2.45) is 5.92 Å². The maximum atomic E-state index is 13.0. The number of carboxylic acid groups (broad SMARTS) is 2. The number of nitrogens with zero attached hydrogens (tertiary/aromatic N) is 2. The van der Waals surface area contributed by atoms with Gasteiger partial charge in [-0.05, 0) is 30.5 Å². The van der Waals surface area contributed by atoms with E-state index in [2.05, 4.69) is 10.6 Å². The molecule has 2 amide bonds. The number of halogens is 2. The van der Waals surface area contributed by atoms with E-state index in [-0.39, 0.29) is 58.5 Å². The molecule has 1 aromatic carbocycles. The highest BCUT2D eigenvalue weighted by atomic mass is 35.5. The normalized spacial score (nSPS) is 22.2. The molecule has 2 aliphatic rings. The third-order valence-corrected chi connectivity index (χ3v) is 7.56. The third kappa shape index (κ3) is 7.67. The van der Waals surface area contributed by atoms with E-state index < -0.39 is 68.0 Å². The second kappa shape index (κ2) is 13.1. The van der Waals surface area contributed by atoms with Gasteiger partial charge in [0.15, 0.2) is 0 Å². The average Bonchev–Trinajstić information content (AvgIpc) is 3.27. The fourth-order valence-corrected chi connectivity index (χ4v) is 5.75. The molecule has 0 aliphatic carbocycles. The first kappa shape index (κ1) is 32.1. The van der Waals surface area contributed by atoms with E-state index >= 15 is 0 Å². The number of nitrogens with one attached hydrogen (secondary N) is 2. The first-order chi connectivity index (χ1) is 19.2. The van der Waals surface area contributed by atoms with Crippen LogP contribution in [-0.4, -0.2) is 114 Å². The van der Waals surface area contributed by atoms with Crippen LogP contribution in [0.5, 0.6) is 0 Å². The molecular formula is C24H31BCl2N4O10. The molecule has 2 fully saturated rings. The second-order valence-electron chi connectivity index (χ2n) is 10.6. The summed E-state index contributed by atoms with van der Waals surface area (Å²) in [6.07, 6.45) is 0.217. The molecule has 2 saturated heterocycles. The molecule has 41 heavy (non-hydrogen) atoms. The van der Waals surface area contributed by atoms with Gasteiger partial charge in [-0.3, -0.25) is 33.7 Å². The highest BCUT2D eigenvalue weighted by Gasteiger charge is 2.70. The molecule has 1 aromatic rings. The maximum absolute atomic E-state index is 13.0. The third-order valence-electron chi connectivity index (χ3n) is 6.99. The Hall–Kier alpha value is -3.40. The van der Waals surface area contributed by atoms with Crippen LogP contribution in [0.1, 0.15) is 30.6 Å². The molecule has 1 atom stereocenters. The Kier molecular flexibility index (Phi) is 10.2. The molecule has 2 aliphatic heterocycles. The Morgan fingerprint density at radius 3 is 2.17 bits per heavy atom. The molecule has 0 bridgehead atoms. The van der Waals surface area contributed by atoms with Crippen LogP contribution in [0.25, 0.3) is 0 Å². The molecule has 0 aromatic heterocycles. The number of amides is 2. The lowest BCUT2D eigenvalue weighted by molar-refractivity contribution is -0.816. The van der Waals surface area contributed by atoms with Gasteiger partial charge in [0, 0.05) is 11.6 Å². The standard InChI is InChI=1S/C24H31BCl2N4O10/c1-14(2)7-18(29-19(32)9-28-24(39)16-8-15(26)3-4-17(16)27)25-31(12-22(37)40-25,13-23(38)41-25)6-5-30(10-20(33)34)11-21(35)36/h3-4,8,14,18H,5-7,9-13H2,1-2H3,(H,28,39)(H,29,32)(H,33,34)(H,35,36)/t18-,25?,31?/m0/s1. The van der Waals surface area contributed by atoms with E-state index in [0.29, 0.717) is 0 Å². The van der Waals surface area contributed by atoms with Crippen LogP contribution in [-0.2, 0) is 33.3 Å². The zero-order chi connectivity index (χ0) is 30.5. The van der Waals surface area contributed by atoms with Crippen molar-refractivity contribution < 1.29 is 52.7 Å². The summed E-state index contributed by atoms with van der Waals surface area (Å²) in [5.41, 5.74) is 0.0610. The van der Waals surface area contributed by atoms with Gasteiger partial charge in [-0.15, -0.1) is 0 Å². The van der Waals surface area contributed by atoms with Gasteiger partial charge in [0.2, 0.25) is 5.91 Å². The van der Waals surface area contributed by atoms with E-state index in [4.69, 9.17) is 32.5 Å². The molecule has 224 valence electrons. The van der Waals surface area contributed by atoms with Gasteiger partial charge in [0.25, 0.3) is 5.91 Å². The topological polar surface area (TPSA) is 189 Å². The van der Waals surface area contributed by atoms with Crippen LogP contribution in [0.4, 0.5) is 0 Å². The minimum Gasteiger partial charge on any atom is -0.599 e. The van der Waals surface area contributed by atoms with Crippen molar-refractivity contribution >= 4 is 65.6 Å². The predicted octanol–water partition coefficient (Wildman–Crippen LogP) is 0.134. The summed E-state index contributed by atoms with van der Waals surface area (Å²) < 4.78 is 11.0. The van der Waals surface area contributed by atoms with E-state index in [1.807, 2.05) is 13.8 Å². The summed E-state index contributed by atoms with van der Waals surface area (Å²) in [6.45, 7) is -1.62. The van der Waals surface area contributed by atoms with E-state index in [1.165, 1.54) is 18.2 Å². The van der Waals surface area contributed by atoms with E-state index in [9.17, 15) is 39.0 Å². The number of aliphatic carboxylic acids is 2. The Morgan fingerprint density at radius 1 is 1.05 bits per heavy atom. The summed E-state index contributed by atoms with van der Waals surface area (Å²) in [5, 5.41) is 24.0. The van der Waals surface area contributed by atoms with Crippen molar-refractivity contribution in [2.45, 2.75) is 26.2 Å². The van der Waals surface area contributed by atoms with Crippen molar-refractivity contribution in [3.05, 3.63) is 33.8 Å². The van der Waals surface area contributed by atoms with Gasteiger partial charge in [-0.25, -0.2) is 0 Å². The van der Waals surface area contributed by atoms with Gasteiger partial charge in [-0.2, -0.15) is 0 Å². The molecule has 0 saturated carbocycles. The molecular weight excluding hydrogens is 586 g/mol. The van der Waals surface area contributed by atoms with Crippen LogP contribution in [0, 0.1) is 5.92 Å². The Bertz CT molecular complexity index is 1210. The van der Waals surface area contributed by atoms with Crippen molar-refractivity contribution in [1.82, 2.24) is 15.5 Å². The number of rotatable bonds is 14. The number of quaternary nitrogens is 1. The maximum Gasteiger partial charge on any atom is 0.605 e. The Morgan fingerprint density at radius 2 is 1.63 bits per heavy atom. The molecule has 0 spiro atoms. The number of carbonyl (C=O) groups excluding carboxylic acids is 4. The van der Waals surface area contributed by atoms with E-state index in [0.717, 1.165) is 4.90 Å². The molecule has 17 heteroatoms. The van der Waals surface area contributed by atoms with Gasteiger partial charge in [0.1, 0.15) is 13.1 Å². The lowest BCUT2D eigenvalue weighted by Gasteiger charge is -2.48. The summed E-state index contributed by atoms with van der Waals surface area (Å²) in [6, 6.07) is 4.29. The number of benzene rings is 1. The highest BCUT2D eigenvalue weighted by Crippen LogP contribution is 2.39. The average molecular weight is 617 g/mol. The lowest BCUT2D eigenvalue weighted by Crippen LogP contribution is -2.74. The van der Waals surface area contributed by atoms with Crippen molar-refractivity contribution in [3.8, 4) is 0 Å². The molecule has 2 heterocycles. The SMILES string of the molecule is CC(C)C[C@H](NC(=O)CNC(=O)c1cc(Cl)ccc1Cl)[B-]12OC(=O)C[N+]1(CCN(CC(=O)O)CC(=O)O)CC(=O)O2. The smallest absolute Gasteiger partial charge is 0.599 e. The monoisotopic (exact) mass is 616 g/mol. The van der Waals surface area contributed by atoms with Crippen LogP contribution in [0.15, 0.2) is 18.2 Å². The number of fused-ring (bicyclic) bond motifs is 1. The van der Waals surface area contributed by atoms with Gasteiger partial charge in [0.05, 0.1) is 42.7 Å². The predicted molar refractivity (Wildman–Crippen MR) is 145 cm³/mol. The van der Waals surface area contributed by atoms with Gasteiger partial charge < -0.3 is 34.5 Å². The first-order valence-corrected chi connectivity index (χ1v) is 13.5. The fraction of sp³-hybridized carbons (Fsp3) is 0.500. The Labute approximate surface area is 245 Å². The van der Waals surface area contributed by atoms with Crippen LogP contribution < -0.4 is 10.6 Å². The number of carbonyl (C=O) groups is 6. The summed E-state index contributed by atoms with van der Waals surface area (Å²) in [7, 11) is 0. The largest absolute Gasteiger partial charge is 0.605 e. The van der Waals surface area contributed by atoms with Crippen LogP contribution >= 0.6 is 23.2 Å². The fourth-order valence-electron chi connectivity index (χ4n) is 5.37. The minimum atomic E-state index is -2.88. The highest BCUT2D eigenvalue weighted by molar-refractivity contribution is 6.68. The summed E-state index contributed by atoms with van der Waals surface area (Å²) >= 11 is 12.0. The van der Waals surface area contributed by atoms with Crippen LogP contribution in [0.2, 0.25) is 10.0 Å². The van der Waals surface area contributed by atoms with Crippen molar-refractivity contribution in [2.75, 3.05) is 45.8 Å². The second-order valence-corrected chi connectivity index (χ2v) is 11.4. The zero-order valence-corrected chi connectivity index (χ0v) is 23.9. The number of hydrogen-bond acceptors (Lipinski definition) is 9. The van der Waals surface area contributed by atoms with Crippen molar-refractivity contribution in [3.63, 3.8) is 0 Å². The van der Waals surface area contributed by atoms with Gasteiger partial charge in [-0.1, -0.05) is 37.0 Å². The van der Waals surface area contributed by atoms with Gasteiger partial charge >= 0.3 is 30.6 Å². The number of carboxylic acids is 2. The minimum absolute atomic E-state index is 0.0610. The summed E-state index contributed by atoms with van der Waals surface area (Å²) in [4.78, 5) is 74.7. The summed E-state index contributed by atoms with van der Waals surface area (Å²) in [5.74, 6) is -6.28. The molecule has 14 nitrogen and oxygen atoms in total. The molecule has 3 rings (SSSR count). The van der Waals surface area contributed by atoms with Crippen LogP contribution in [0.3, 0.4) is 0 Å². The number of hydrogen-bond donors (Lipinski definition) is 4. The molecule has 0 unspecified atom stereocenters. The Balaban J connectivity index is 1.83. The first-order valence-electron chi connectivity index (χ1n) is 12.8. The molecule has 4 N–H and O–H groups in total. The van der Waals surface area contributed by atoms with E-state index in [1.54, 1.807) is 0 Å². The zero-order valence-electron chi connectivity index (χ0n) is 22.4. The lowest BCUT2D eigenvalue weighted by atomic mass is 9.57. The quantitative estimate of drug-likeness (QED) is 0.208.